The molecule has 0 spiro atoms. The lowest BCUT2D eigenvalue weighted by Crippen LogP contribution is -2.39. The number of nitrogens with one attached hydrogen (secondary N) is 1. The monoisotopic (exact) mass is 268 g/mol. The quantitative estimate of drug-likeness (QED) is 0.847. The first kappa shape index (κ1) is 14.3. The number of carbonyl (C=O) groups excluding carboxylic acids is 1. The summed E-state index contributed by atoms with van der Waals surface area (Å²) in [6.45, 7) is 7.90. The van der Waals surface area contributed by atoms with Crippen molar-refractivity contribution in [2.45, 2.75) is 33.2 Å². The summed E-state index contributed by atoms with van der Waals surface area (Å²) in [4.78, 5) is 16.3. The number of hydrogen-bond donors (Lipinski definition) is 1. The molecule has 0 saturated heterocycles. The zero-order valence-electron chi connectivity index (χ0n) is 12.4. The van der Waals surface area contributed by atoms with Gasteiger partial charge in [-0.2, -0.15) is 0 Å². The largest absolute Gasteiger partial charge is 0.348 e. The zero-order valence-corrected chi connectivity index (χ0v) is 12.4. The molecule has 3 heteroatoms. The number of nitrogens with zero attached hydrogens (tertiary/aromatic N) is 1. The Labute approximate surface area is 119 Å². The molecule has 3 nitrogen and oxygen atoms in total. The minimum absolute atomic E-state index is 0.107. The lowest BCUT2D eigenvalue weighted by atomic mass is 10.1. The van der Waals surface area contributed by atoms with Crippen LogP contribution in [0.2, 0.25) is 0 Å². The molecule has 1 heterocycles. The number of rotatable bonds is 2. The SMILES string of the molecule is Cc1cccc2ccc(/C=C/C(=O)NC(C)(C)C)nc12. The fourth-order valence-electron chi connectivity index (χ4n) is 1.98. The van der Waals surface area contributed by atoms with Crippen LogP contribution in [0.3, 0.4) is 0 Å². The molecule has 2 aromatic rings. The van der Waals surface area contributed by atoms with Gasteiger partial charge in [-0.25, -0.2) is 4.98 Å². The maximum absolute atomic E-state index is 11.7. The fraction of sp³-hybridized carbons (Fsp3) is 0.294. The van der Waals surface area contributed by atoms with E-state index in [1.54, 1.807) is 6.08 Å². The number of carbonyl (C=O) groups is 1. The van der Waals surface area contributed by atoms with E-state index >= 15 is 0 Å². The van der Waals surface area contributed by atoms with Crippen molar-refractivity contribution < 1.29 is 4.79 Å². The van der Waals surface area contributed by atoms with Crippen molar-refractivity contribution in [3.8, 4) is 0 Å². The number of pyridine rings is 1. The van der Waals surface area contributed by atoms with Crippen molar-refractivity contribution in [2.24, 2.45) is 0 Å². The third kappa shape index (κ3) is 3.67. The highest BCUT2D eigenvalue weighted by Gasteiger charge is 2.11. The van der Waals surface area contributed by atoms with E-state index in [1.165, 1.54) is 6.08 Å². The minimum atomic E-state index is -0.227. The van der Waals surface area contributed by atoms with Crippen molar-refractivity contribution >= 4 is 22.9 Å². The van der Waals surface area contributed by atoms with E-state index in [1.807, 2.05) is 58.0 Å². The summed E-state index contributed by atoms with van der Waals surface area (Å²) in [5, 5.41) is 4.00. The topological polar surface area (TPSA) is 42.0 Å². The molecule has 0 aliphatic carbocycles. The molecule has 1 N–H and O–H groups in total. The smallest absolute Gasteiger partial charge is 0.244 e. The van der Waals surface area contributed by atoms with E-state index in [0.29, 0.717) is 0 Å². The first-order valence-electron chi connectivity index (χ1n) is 6.72. The van der Waals surface area contributed by atoms with Crippen LogP contribution < -0.4 is 5.32 Å². The zero-order chi connectivity index (χ0) is 14.8. The predicted octanol–water partition coefficient (Wildman–Crippen LogP) is 3.47. The highest BCUT2D eigenvalue weighted by Crippen LogP contribution is 2.16. The van der Waals surface area contributed by atoms with Gasteiger partial charge in [0.15, 0.2) is 0 Å². The second-order valence-corrected chi connectivity index (χ2v) is 5.96. The van der Waals surface area contributed by atoms with Crippen molar-refractivity contribution in [3.63, 3.8) is 0 Å². The van der Waals surface area contributed by atoms with E-state index in [9.17, 15) is 4.79 Å². The summed E-state index contributed by atoms with van der Waals surface area (Å²) in [6, 6.07) is 10.0. The van der Waals surface area contributed by atoms with Gasteiger partial charge in [0, 0.05) is 17.0 Å². The summed E-state index contributed by atoms with van der Waals surface area (Å²) in [6.07, 6.45) is 3.27. The summed E-state index contributed by atoms with van der Waals surface area (Å²) in [5.41, 5.74) is 2.67. The molecule has 20 heavy (non-hydrogen) atoms. The molecular formula is C17H20N2O. The van der Waals surface area contributed by atoms with Crippen LogP contribution in [0.5, 0.6) is 0 Å². The van der Waals surface area contributed by atoms with E-state index in [2.05, 4.69) is 10.3 Å². The van der Waals surface area contributed by atoms with Gasteiger partial charge in [0.1, 0.15) is 0 Å². The highest BCUT2D eigenvalue weighted by atomic mass is 16.1. The lowest BCUT2D eigenvalue weighted by molar-refractivity contribution is -0.117. The Morgan fingerprint density at radius 2 is 1.95 bits per heavy atom. The molecule has 0 atom stereocenters. The average molecular weight is 268 g/mol. The van der Waals surface area contributed by atoms with Crippen molar-refractivity contribution in [2.75, 3.05) is 0 Å². The molecule has 0 fully saturated rings. The van der Waals surface area contributed by atoms with Crippen LogP contribution >= 0.6 is 0 Å². The molecule has 1 aromatic heterocycles. The van der Waals surface area contributed by atoms with Crippen molar-refractivity contribution in [1.29, 1.82) is 0 Å². The molecule has 0 unspecified atom stereocenters. The second-order valence-electron chi connectivity index (χ2n) is 5.96. The van der Waals surface area contributed by atoms with E-state index in [-0.39, 0.29) is 11.4 Å². The van der Waals surface area contributed by atoms with Crippen LogP contribution in [0.4, 0.5) is 0 Å². The number of fused-ring (bicyclic) bond motifs is 1. The van der Waals surface area contributed by atoms with Gasteiger partial charge in [0.25, 0.3) is 0 Å². The number of amides is 1. The Balaban J connectivity index is 2.22. The Morgan fingerprint density at radius 1 is 1.20 bits per heavy atom. The Morgan fingerprint density at radius 3 is 2.65 bits per heavy atom. The Bertz CT molecular complexity index is 666. The minimum Gasteiger partial charge on any atom is -0.348 e. The van der Waals surface area contributed by atoms with E-state index in [0.717, 1.165) is 22.2 Å². The van der Waals surface area contributed by atoms with Gasteiger partial charge in [-0.1, -0.05) is 24.3 Å². The average Bonchev–Trinajstić information content (AvgIpc) is 2.35. The third-order valence-corrected chi connectivity index (χ3v) is 2.85. The molecule has 1 aromatic carbocycles. The molecule has 104 valence electrons. The van der Waals surface area contributed by atoms with Gasteiger partial charge >= 0.3 is 0 Å². The summed E-state index contributed by atoms with van der Waals surface area (Å²) in [7, 11) is 0. The van der Waals surface area contributed by atoms with Crippen LogP contribution in [0.25, 0.3) is 17.0 Å². The second kappa shape index (κ2) is 5.45. The highest BCUT2D eigenvalue weighted by molar-refractivity contribution is 5.92. The van der Waals surface area contributed by atoms with Crippen molar-refractivity contribution in [3.05, 3.63) is 47.7 Å². The number of para-hydroxylation sites is 1. The van der Waals surface area contributed by atoms with Gasteiger partial charge in [0.05, 0.1) is 11.2 Å². The predicted molar refractivity (Wildman–Crippen MR) is 83.4 cm³/mol. The normalized spacial score (nSPS) is 12.0. The maximum Gasteiger partial charge on any atom is 0.244 e. The molecule has 0 saturated carbocycles. The van der Waals surface area contributed by atoms with Crippen LogP contribution in [-0.4, -0.2) is 16.4 Å². The summed E-state index contributed by atoms with van der Waals surface area (Å²) < 4.78 is 0. The van der Waals surface area contributed by atoms with Crippen LogP contribution in [0, 0.1) is 6.92 Å². The number of aromatic nitrogens is 1. The van der Waals surface area contributed by atoms with E-state index in [4.69, 9.17) is 0 Å². The molecule has 0 aliphatic heterocycles. The lowest BCUT2D eigenvalue weighted by Gasteiger charge is -2.18. The van der Waals surface area contributed by atoms with E-state index < -0.39 is 0 Å². The van der Waals surface area contributed by atoms with Gasteiger partial charge < -0.3 is 5.32 Å². The number of aryl methyl sites for hydroxylation is 1. The molecular weight excluding hydrogens is 248 g/mol. The first-order chi connectivity index (χ1) is 9.35. The Kier molecular flexibility index (Phi) is 3.89. The van der Waals surface area contributed by atoms with Crippen LogP contribution in [-0.2, 0) is 4.79 Å². The van der Waals surface area contributed by atoms with Gasteiger partial charge in [-0.15, -0.1) is 0 Å². The number of hydrogen-bond acceptors (Lipinski definition) is 2. The first-order valence-corrected chi connectivity index (χ1v) is 6.72. The molecule has 1 amide bonds. The summed E-state index contributed by atoms with van der Waals surface area (Å²) in [5.74, 6) is -0.107. The maximum atomic E-state index is 11.7. The van der Waals surface area contributed by atoms with Crippen LogP contribution in [0.15, 0.2) is 36.4 Å². The molecule has 0 aliphatic rings. The van der Waals surface area contributed by atoms with Crippen LogP contribution in [0.1, 0.15) is 32.0 Å². The van der Waals surface area contributed by atoms with Gasteiger partial charge in [-0.3, -0.25) is 4.79 Å². The third-order valence-electron chi connectivity index (χ3n) is 2.85. The summed E-state index contributed by atoms with van der Waals surface area (Å²) >= 11 is 0. The Hall–Kier alpha value is -2.16. The molecule has 2 rings (SSSR count). The van der Waals surface area contributed by atoms with Gasteiger partial charge in [0.2, 0.25) is 5.91 Å². The number of benzene rings is 1. The van der Waals surface area contributed by atoms with Gasteiger partial charge in [-0.05, 0) is 45.4 Å². The molecule has 0 bridgehead atoms. The van der Waals surface area contributed by atoms with Crippen molar-refractivity contribution in [1.82, 2.24) is 10.3 Å². The standard InChI is InChI=1S/C17H20N2O/c1-12-6-5-7-13-8-9-14(18-16(12)13)10-11-15(20)19-17(2,3)4/h5-11H,1-4H3,(H,19,20)/b11-10+. The fourth-order valence-corrected chi connectivity index (χ4v) is 1.98. The molecule has 0 radical (unpaired) electrons.